The van der Waals surface area contributed by atoms with Gasteiger partial charge in [0.05, 0.1) is 13.2 Å². The summed E-state index contributed by atoms with van der Waals surface area (Å²) in [6, 6.07) is 6.90. The Kier molecular flexibility index (Phi) is 3.93. The standard InChI is InChI=1S/C20H25NO4/c1-7-19(2,3)16(17(22)24-6)21-15-14(25-18(21)23)12-10-8-9-11-13(12)20(15,4)5/h7-11,14-16H,1H2,2-6H3/t14-,15-,16+/m1/s1. The van der Waals surface area contributed by atoms with Crippen molar-refractivity contribution in [2.24, 2.45) is 5.41 Å². The third-order valence-electron chi connectivity index (χ3n) is 5.66. The molecule has 0 saturated carbocycles. The van der Waals surface area contributed by atoms with Crippen LogP contribution < -0.4 is 0 Å². The zero-order chi connectivity index (χ0) is 18.6. The summed E-state index contributed by atoms with van der Waals surface area (Å²) in [6.07, 6.45) is 0.818. The molecule has 134 valence electrons. The molecule has 0 bridgehead atoms. The van der Waals surface area contributed by atoms with Gasteiger partial charge < -0.3 is 9.47 Å². The fraction of sp³-hybridized carbons (Fsp3) is 0.500. The van der Waals surface area contributed by atoms with Crippen LogP contribution in [0.5, 0.6) is 0 Å². The fourth-order valence-corrected chi connectivity index (χ4v) is 4.21. The molecule has 0 spiro atoms. The average Bonchev–Trinajstić information content (AvgIpc) is 3.02. The maximum Gasteiger partial charge on any atom is 0.411 e. The van der Waals surface area contributed by atoms with Crippen LogP contribution in [0.15, 0.2) is 36.9 Å². The Morgan fingerprint density at radius 3 is 2.64 bits per heavy atom. The predicted octanol–water partition coefficient (Wildman–Crippen LogP) is 3.59. The molecule has 1 heterocycles. The second-order valence-corrected chi connectivity index (χ2v) is 7.92. The molecule has 2 aliphatic rings. The monoisotopic (exact) mass is 343 g/mol. The number of fused-ring (bicyclic) bond motifs is 3. The molecule has 1 fully saturated rings. The van der Waals surface area contributed by atoms with E-state index in [1.54, 1.807) is 11.0 Å². The molecular formula is C20H25NO4. The maximum atomic E-state index is 12.8. The van der Waals surface area contributed by atoms with E-state index in [9.17, 15) is 9.59 Å². The third-order valence-corrected chi connectivity index (χ3v) is 5.66. The van der Waals surface area contributed by atoms with E-state index in [-0.39, 0.29) is 17.6 Å². The van der Waals surface area contributed by atoms with E-state index in [0.717, 1.165) is 11.1 Å². The van der Waals surface area contributed by atoms with Gasteiger partial charge in [-0.1, -0.05) is 58.0 Å². The molecule has 0 aromatic heterocycles. The van der Waals surface area contributed by atoms with Crippen LogP contribution in [-0.2, 0) is 19.7 Å². The first-order valence-electron chi connectivity index (χ1n) is 8.46. The molecular weight excluding hydrogens is 318 g/mol. The lowest BCUT2D eigenvalue weighted by molar-refractivity contribution is -0.150. The van der Waals surface area contributed by atoms with Gasteiger partial charge in [-0.2, -0.15) is 0 Å². The fourth-order valence-electron chi connectivity index (χ4n) is 4.21. The van der Waals surface area contributed by atoms with Crippen LogP contribution in [0.25, 0.3) is 0 Å². The smallest absolute Gasteiger partial charge is 0.411 e. The first-order chi connectivity index (χ1) is 11.7. The van der Waals surface area contributed by atoms with Gasteiger partial charge in [0.25, 0.3) is 0 Å². The summed E-state index contributed by atoms with van der Waals surface area (Å²) in [6.45, 7) is 11.8. The number of benzene rings is 1. The highest BCUT2D eigenvalue weighted by atomic mass is 16.6. The second kappa shape index (κ2) is 5.61. The molecule has 1 amide bonds. The van der Waals surface area contributed by atoms with Crippen molar-refractivity contribution in [3.63, 3.8) is 0 Å². The average molecular weight is 343 g/mol. The van der Waals surface area contributed by atoms with Gasteiger partial charge in [0.15, 0.2) is 6.10 Å². The zero-order valence-electron chi connectivity index (χ0n) is 15.4. The molecule has 1 saturated heterocycles. The van der Waals surface area contributed by atoms with Crippen molar-refractivity contribution in [2.75, 3.05) is 7.11 Å². The predicted molar refractivity (Wildman–Crippen MR) is 94.1 cm³/mol. The van der Waals surface area contributed by atoms with Gasteiger partial charge >= 0.3 is 12.1 Å². The summed E-state index contributed by atoms with van der Waals surface area (Å²) in [7, 11) is 1.34. The zero-order valence-corrected chi connectivity index (χ0v) is 15.4. The van der Waals surface area contributed by atoms with Gasteiger partial charge in [0.1, 0.15) is 6.04 Å². The van der Waals surface area contributed by atoms with Gasteiger partial charge in [-0.3, -0.25) is 4.90 Å². The van der Waals surface area contributed by atoms with E-state index in [4.69, 9.17) is 9.47 Å². The lowest BCUT2D eigenvalue weighted by Crippen LogP contribution is -2.57. The lowest BCUT2D eigenvalue weighted by atomic mass is 9.78. The van der Waals surface area contributed by atoms with Crippen LogP contribution in [-0.4, -0.2) is 36.2 Å². The van der Waals surface area contributed by atoms with Crippen LogP contribution in [0.3, 0.4) is 0 Å². The van der Waals surface area contributed by atoms with Gasteiger partial charge in [-0.15, -0.1) is 6.58 Å². The van der Waals surface area contributed by atoms with Crippen molar-refractivity contribution in [3.8, 4) is 0 Å². The Labute approximate surface area is 148 Å². The SMILES string of the molecule is C=CC(C)(C)[C@H](C(=O)OC)N1C(=O)O[C@@H]2c3ccccc3C(C)(C)[C@@H]21. The molecule has 3 atom stereocenters. The molecule has 25 heavy (non-hydrogen) atoms. The number of esters is 1. The normalized spacial score (nSPS) is 25.0. The van der Waals surface area contributed by atoms with Gasteiger partial charge in [-0.05, 0) is 11.1 Å². The summed E-state index contributed by atoms with van der Waals surface area (Å²) in [5, 5.41) is 0. The number of carbonyl (C=O) groups is 2. The number of carbonyl (C=O) groups excluding carboxylic acids is 2. The number of nitrogens with zero attached hydrogens (tertiary/aromatic N) is 1. The Morgan fingerprint density at radius 2 is 2.04 bits per heavy atom. The van der Waals surface area contributed by atoms with Crippen molar-refractivity contribution < 1.29 is 19.1 Å². The van der Waals surface area contributed by atoms with Gasteiger partial charge in [-0.25, -0.2) is 9.59 Å². The van der Waals surface area contributed by atoms with E-state index < -0.39 is 23.5 Å². The highest BCUT2D eigenvalue weighted by Gasteiger charge is 2.61. The first-order valence-corrected chi connectivity index (χ1v) is 8.46. The Morgan fingerprint density at radius 1 is 1.40 bits per heavy atom. The summed E-state index contributed by atoms with van der Waals surface area (Å²) < 4.78 is 10.7. The van der Waals surface area contributed by atoms with E-state index in [2.05, 4.69) is 26.5 Å². The number of rotatable bonds is 4. The summed E-state index contributed by atoms with van der Waals surface area (Å²) >= 11 is 0. The highest BCUT2D eigenvalue weighted by molar-refractivity contribution is 5.84. The van der Waals surface area contributed by atoms with E-state index in [1.165, 1.54) is 7.11 Å². The third kappa shape index (κ3) is 2.36. The number of hydrogen-bond acceptors (Lipinski definition) is 4. The largest absolute Gasteiger partial charge is 0.467 e. The second-order valence-electron chi connectivity index (χ2n) is 7.92. The van der Waals surface area contributed by atoms with E-state index in [1.807, 2.05) is 32.0 Å². The molecule has 0 unspecified atom stereocenters. The number of amides is 1. The van der Waals surface area contributed by atoms with Crippen molar-refractivity contribution in [3.05, 3.63) is 48.0 Å². The lowest BCUT2D eigenvalue weighted by Gasteiger charge is -2.41. The van der Waals surface area contributed by atoms with Crippen LogP contribution >= 0.6 is 0 Å². The van der Waals surface area contributed by atoms with Crippen molar-refractivity contribution in [2.45, 2.75) is 51.3 Å². The Hall–Kier alpha value is -2.30. The molecule has 1 aliphatic heterocycles. The number of methoxy groups -OCH3 is 1. The number of hydrogen-bond donors (Lipinski definition) is 0. The van der Waals surface area contributed by atoms with Crippen molar-refractivity contribution in [1.29, 1.82) is 0 Å². The molecule has 5 nitrogen and oxygen atoms in total. The van der Waals surface area contributed by atoms with Crippen molar-refractivity contribution in [1.82, 2.24) is 4.90 Å². The molecule has 1 aromatic rings. The number of ether oxygens (including phenoxy) is 2. The summed E-state index contributed by atoms with van der Waals surface area (Å²) in [5.41, 5.74) is 1.14. The molecule has 1 aliphatic carbocycles. The summed E-state index contributed by atoms with van der Waals surface area (Å²) in [4.78, 5) is 26.9. The molecule has 0 radical (unpaired) electrons. The van der Waals surface area contributed by atoms with Gasteiger partial charge in [0.2, 0.25) is 0 Å². The quantitative estimate of drug-likeness (QED) is 0.619. The van der Waals surface area contributed by atoms with E-state index >= 15 is 0 Å². The molecule has 5 heteroatoms. The minimum Gasteiger partial charge on any atom is -0.467 e. The maximum absolute atomic E-state index is 12.8. The first kappa shape index (κ1) is 17.5. The van der Waals surface area contributed by atoms with Gasteiger partial charge in [0, 0.05) is 10.8 Å². The molecule has 1 aromatic carbocycles. The van der Waals surface area contributed by atoms with Crippen LogP contribution in [0.4, 0.5) is 4.79 Å². The van der Waals surface area contributed by atoms with Crippen LogP contribution in [0, 0.1) is 5.41 Å². The highest BCUT2D eigenvalue weighted by Crippen LogP contribution is 2.54. The van der Waals surface area contributed by atoms with Crippen LogP contribution in [0.1, 0.15) is 44.9 Å². The molecule has 0 N–H and O–H groups in total. The molecule has 3 rings (SSSR count). The van der Waals surface area contributed by atoms with Crippen molar-refractivity contribution >= 4 is 12.1 Å². The minimum absolute atomic E-state index is 0.277. The topological polar surface area (TPSA) is 55.8 Å². The minimum atomic E-state index is -0.800. The van der Waals surface area contributed by atoms with E-state index in [0.29, 0.717) is 0 Å². The summed E-state index contributed by atoms with van der Waals surface area (Å²) in [5.74, 6) is -0.464. The Bertz CT molecular complexity index is 737. The Balaban J connectivity index is 2.13. The van der Waals surface area contributed by atoms with Crippen LogP contribution in [0.2, 0.25) is 0 Å².